The van der Waals surface area contributed by atoms with E-state index in [0.29, 0.717) is 6.79 Å². The van der Waals surface area contributed by atoms with Crippen LogP contribution >= 0.6 is 11.3 Å². The standard InChI is InChI=1S/C19H14O3S/c20-10-17-8-16(11-23-17)14-6-4-13(5-7-14)15-2-1-3-18-19(9-15)22-12-21-18/h2-11H,1,12H2. The molecule has 1 aliphatic carbocycles. The molecule has 0 atom stereocenters. The number of aldehydes is 1. The Hall–Kier alpha value is -2.59. The van der Waals surface area contributed by atoms with Crippen molar-refractivity contribution in [2.24, 2.45) is 0 Å². The van der Waals surface area contributed by atoms with Crippen LogP contribution in [-0.2, 0) is 9.47 Å². The zero-order valence-electron chi connectivity index (χ0n) is 12.3. The van der Waals surface area contributed by atoms with E-state index in [1.54, 1.807) is 0 Å². The van der Waals surface area contributed by atoms with Gasteiger partial charge in [-0.05, 0) is 52.3 Å². The van der Waals surface area contributed by atoms with Crippen LogP contribution in [0.1, 0.15) is 21.7 Å². The number of carbonyl (C=O) groups is 1. The smallest absolute Gasteiger partial charge is 0.231 e. The van der Waals surface area contributed by atoms with Crippen molar-refractivity contribution in [1.82, 2.24) is 0 Å². The van der Waals surface area contributed by atoms with Gasteiger partial charge in [0.05, 0.1) is 4.88 Å². The number of fused-ring (bicyclic) bond motifs is 1. The highest BCUT2D eigenvalue weighted by Gasteiger charge is 2.18. The zero-order valence-corrected chi connectivity index (χ0v) is 13.1. The second-order valence-electron chi connectivity index (χ2n) is 5.31. The molecule has 2 aliphatic rings. The Labute approximate surface area is 138 Å². The predicted octanol–water partition coefficient (Wildman–Crippen LogP) is 4.79. The van der Waals surface area contributed by atoms with Crippen LogP contribution in [0.15, 0.2) is 65.5 Å². The lowest BCUT2D eigenvalue weighted by atomic mass is 10.0. The minimum Gasteiger partial charge on any atom is -0.454 e. The Morgan fingerprint density at radius 1 is 0.957 bits per heavy atom. The van der Waals surface area contributed by atoms with E-state index in [0.717, 1.165) is 51.4 Å². The molecule has 1 saturated heterocycles. The molecule has 0 amide bonds. The molecule has 23 heavy (non-hydrogen) atoms. The summed E-state index contributed by atoms with van der Waals surface area (Å²) < 4.78 is 10.9. The summed E-state index contributed by atoms with van der Waals surface area (Å²) in [5.41, 5.74) is 4.45. The maximum atomic E-state index is 10.8. The lowest BCUT2D eigenvalue weighted by Crippen LogP contribution is -1.85. The number of benzene rings is 1. The van der Waals surface area contributed by atoms with Gasteiger partial charge >= 0.3 is 0 Å². The highest BCUT2D eigenvalue weighted by Crippen LogP contribution is 2.31. The molecule has 0 unspecified atom stereocenters. The van der Waals surface area contributed by atoms with Crippen LogP contribution in [0.2, 0.25) is 0 Å². The van der Waals surface area contributed by atoms with E-state index >= 15 is 0 Å². The molecule has 1 fully saturated rings. The molecule has 0 N–H and O–H groups in total. The maximum Gasteiger partial charge on any atom is 0.231 e. The first-order chi connectivity index (χ1) is 11.3. The number of allylic oxidation sites excluding steroid dienone is 4. The molecule has 4 heteroatoms. The summed E-state index contributed by atoms with van der Waals surface area (Å²) in [7, 11) is 0. The Morgan fingerprint density at radius 3 is 2.52 bits per heavy atom. The molecule has 0 radical (unpaired) electrons. The van der Waals surface area contributed by atoms with Gasteiger partial charge in [-0.15, -0.1) is 11.3 Å². The fraction of sp³-hybridized carbons (Fsp3) is 0.105. The summed E-state index contributed by atoms with van der Waals surface area (Å²) in [6.45, 7) is 0.293. The van der Waals surface area contributed by atoms with Crippen molar-refractivity contribution < 1.29 is 14.3 Å². The second-order valence-corrected chi connectivity index (χ2v) is 6.25. The second kappa shape index (κ2) is 5.89. The van der Waals surface area contributed by atoms with E-state index in [-0.39, 0.29) is 0 Å². The normalized spacial score (nSPS) is 16.3. The summed E-state index contributed by atoms with van der Waals surface area (Å²) in [5.74, 6) is 1.62. The Balaban J connectivity index is 1.62. The Kier molecular flexibility index (Phi) is 3.60. The monoisotopic (exact) mass is 322 g/mol. The third kappa shape index (κ3) is 2.73. The fourth-order valence-corrected chi connectivity index (χ4v) is 3.40. The van der Waals surface area contributed by atoms with Crippen LogP contribution in [0.4, 0.5) is 0 Å². The van der Waals surface area contributed by atoms with Crippen molar-refractivity contribution in [3.05, 3.63) is 75.9 Å². The number of carbonyl (C=O) groups excluding carboxylic acids is 1. The topological polar surface area (TPSA) is 35.5 Å². The van der Waals surface area contributed by atoms with Gasteiger partial charge < -0.3 is 9.47 Å². The minimum atomic E-state index is 0.293. The number of hydrogen-bond donors (Lipinski definition) is 0. The van der Waals surface area contributed by atoms with Crippen LogP contribution in [0.5, 0.6) is 0 Å². The molecule has 4 rings (SSSR count). The predicted molar refractivity (Wildman–Crippen MR) is 90.9 cm³/mol. The number of hydrogen-bond acceptors (Lipinski definition) is 4. The van der Waals surface area contributed by atoms with E-state index < -0.39 is 0 Å². The van der Waals surface area contributed by atoms with Crippen molar-refractivity contribution in [1.29, 1.82) is 0 Å². The van der Waals surface area contributed by atoms with Crippen molar-refractivity contribution in [3.8, 4) is 11.1 Å². The lowest BCUT2D eigenvalue weighted by Gasteiger charge is -2.05. The number of rotatable bonds is 3. The van der Waals surface area contributed by atoms with Crippen molar-refractivity contribution in [2.45, 2.75) is 6.42 Å². The average Bonchev–Trinajstić information content (AvgIpc) is 3.20. The molecule has 2 aromatic rings. The van der Waals surface area contributed by atoms with Crippen molar-refractivity contribution in [2.75, 3.05) is 6.79 Å². The highest BCUT2D eigenvalue weighted by atomic mass is 32.1. The molecule has 114 valence electrons. The zero-order chi connectivity index (χ0) is 15.6. The first kappa shape index (κ1) is 14.0. The summed E-state index contributed by atoms with van der Waals surface area (Å²) in [6.07, 6.45) is 7.93. The lowest BCUT2D eigenvalue weighted by molar-refractivity contribution is 0.0975. The molecule has 1 aromatic heterocycles. The molecule has 1 aliphatic heterocycles. The fourth-order valence-electron chi connectivity index (χ4n) is 2.69. The van der Waals surface area contributed by atoms with Gasteiger partial charge in [0.25, 0.3) is 0 Å². The number of ether oxygens (including phenoxy) is 2. The molecule has 3 nitrogen and oxygen atoms in total. The van der Waals surface area contributed by atoms with Gasteiger partial charge in [0.2, 0.25) is 6.79 Å². The van der Waals surface area contributed by atoms with E-state index in [2.05, 4.69) is 30.3 Å². The van der Waals surface area contributed by atoms with Crippen LogP contribution in [0.3, 0.4) is 0 Å². The maximum absolute atomic E-state index is 10.8. The van der Waals surface area contributed by atoms with Gasteiger partial charge in [-0.2, -0.15) is 0 Å². The van der Waals surface area contributed by atoms with Crippen LogP contribution in [0, 0.1) is 0 Å². The summed E-state index contributed by atoms with van der Waals surface area (Å²) >= 11 is 1.46. The minimum absolute atomic E-state index is 0.293. The third-order valence-electron chi connectivity index (χ3n) is 3.89. The molecule has 0 saturated carbocycles. The van der Waals surface area contributed by atoms with E-state index in [1.807, 2.05) is 23.6 Å². The van der Waals surface area contributed by atoms with Gasteiger partial charge in [0, 0.05) is 0 Å². The SMILES string of the molecule is O=Cc1cc(-c2ccc(C3=CCC=C4OCOC4=C3)cc2)cs1. The van der Waals surface area contributed by atoms with Crippen LogP contribution in [0.25, 0.3) is 16.7 Å². The molecule has 0 spiro atoms. The first-order valence-corrected chi connectivity index (χ1v) is 8.24. The highest BCUT2D eigenvalue weighted by molar-refractivity contribution is 7.12. The van der Waals surface area contributed by atoms with Gasteiger partial charge in [0.15, 0.2) is 17.8 Å². The number of thiophene rings is 1. The third-order valence-corrected chi connectivity index (χ3v) is 4.74. The van der Waals surface area contributed by atoms with Gasteiger partial charge in [-0.1, -0.05) is 30.3 Å². The average molecular weight is 322 g/mol. The quantitative estimate of drug-likeness (QED) is 0.762. The van der Waals surface area contributed by atoms with Crippen LogP contribution < -0.4 is 0 Å². The Morgan fingerprint density at radius 2 is 1.74 bits per heavy atom. The van der Waals surface area contributed by atoms with Gasteiger partial charge in [-0.3, -0.25) is 4.79 Å². The van der Waals surface area contributed by atoms with E-state index in [1.165, 1.54) is 11.3 Å². The molecule has 1 aromatic carbocycles. The molecule has 2 heterocycles. The Bertz CT molecular complexity index is 838. The largest absolute Gasteiger partial charge is 0.454 e. The first-order valence-electron chi connectivity index (χ1n) is 7.36. The van der Waals surface area contributed by atoms with E-state index in [9.17, 15) is 4.79 Å². The summed E-state index contributed by atoms with van der Waals surface area (Å²) in [4.78, 5) is 11.6. The molecular weight excluding hydrogens is 308 g/mol. The molecule has 0 bridgehead atoms. The van der Waals surface area contributed by atoms with Gasteiger partial charge in [0.1, 0.15) is 0 Å². The summed E-state index contributed by atoms with van der Waals surface area (Å²) in [6, 6.07) is 10.3. The van der Waals surface area contributed by atoms with E-state index in [4.69, 9.17) is 9.47 Å². The molecular formula is C19H14O3S. The summed E-state index contributed by atoms with van der Waals surface area (Å²) in [5, 5.41) is 2.01. The van der Waals surface area contributed by atoms with Crippen molar-refractivity contribution in [3.63, 3.8) is 0 Å². The van der Waals surface area contributed by atoms with Crippen LogP contribution in [-0.4, -0.2) is 13.1 Å². The van der Waals surface area contributed by atoms with Crippen molar-refractivity contribution >= 4 is 23.2 Å². The van der Waals surface area contributed by atoms with Gasteiger partial charge in [-0.25, -0.2) is 0 Å².